The molecule has 0 amide bonds. The fraction of sp³-hybridized carbons (Fsp3) is 0.538. The van der Waals surface area contributed by atoms with Crippen LogP contribution >= 0.6 is 0 Å². The van der Waals surface area contributed by atoms with Crippen molar-refractivity contribution in [2.45, 2.75) is 25.8 Å². The molecule has 0 radical (unpaired) electrons. The van der Waals surface area contributed by atoms with Crippen LogP contribution in [0.25, 0.3) is 0 Å². The lowest BCUT2D eigenvalue weighted by Crippen LogP contribution is -2.19. The zero-order chi connectivity index (χ0) is 12.5. The van der Waals surface area contributed by atoms with Gasteiger partial charge in [-0.15, -0.1) is 0 Å². The molecule has 4 nitrogen and oxygen atoms in total. The van der Waals surface area contributed by atoms with Gasteiger partial charge in [0.25, 0.3) is 0 Å². The minimum atomic E-state index is 0.277. The third-order valence-corrected chi connectivity index (χ3v) is 2.59. The highest BCUT2D eigenvalue weighted by Gasteiger charge is 2.01. The van der Waals surface area contributed by atoms with Gasteiger partial charge in [0, 0.05) is 19.3 Å². The van der Waals surface area contributed by atoms with Crippen LogP contribution in [-0.2, 0) is 6.54 Å². The van der Waals surface area contributed by atoms with Crippen molar-refractivity contribution in [2.24, 2.45) is 0 Å². The molecule has 0 aliphatic carbocycles. The number of rotatable bonds is 7. The number of unbranched alkanes of at least 4 members (excludes halogenated alkanes) is 2. The van der Waals surface area contributed by atoms with E-state index < -0.39 is 0 Å². The molecule has 0 saturated carbocycles. The highest BCUT2D eigenvalue weighted by molar-refractivity contribution is 5.25. The number of pyridine rings is 1. The van der Waals surface area contributed by atoms with Gasteiger partial charge in [-0.1, -0.05) is 0 Å². The standard InChI is InChI=1S/C13H19N3O/c1-16(7-3-2-4-8-17)11-12-5-6-15-13(9-12)10-14/h5-6,9,17H,2-4,7-8,11H2,1H3. The van der Waals surface area contributed by atoms with Gasteiger partial charge in [0.1, 0.15) is 11.8 Å². The zero-order valence-corrected chi connectivity index (χ0v) is 10.3. The van der Waals surface area contributed by atoms with Gasteiger partial charge in [0.15, 0.2) is 0 Å². The van der Waals surface area contributed by atoms with Gasteiger partial charge in [-0.25, -0.2) is 4.98 Å². The molecule has 0 aliphatic rings. The minimum Gasteiger partial charge on any atom is -0.396 e. The topological polar surface area (TPSA) is 60.1 Å². The van der Waals surface area contributed by atoms with Crippen LogP contribution in [0.4, 0.5) is 0 Å². The molecule has 1 N–H and O–H groups in total. The highest BCUT2D eigenvalue weighted by Crippen LogP contribution is 2.05. The number of nitrogens with zero attached hydrogens (tertiary/aromatic N) is 3. The third kappa shape index (κ3) is 5.43. The Kier molecular flexibility index (Phi) is 6.23. The summed E-state index contributed by atoms with van der Waals surface area (Å²) in [5.41, 5.74) is 1.58. The monoisotopic (exact) mass is 233 g/mol. The van der Waals surface area contributed by atoms with Gasteiger partial charge in [-0.05, 0) is 50.6 Å². The lowest BCUT2D eigenvalue weighted by atomic mass is 10.2. The number of aliphatic hydroxyl groups excluding tert-OH is 1. The van der Waals surface area contributed by atoms with E-state index in [1.807, 2.05) is 18.2 Å². The van der Waals surface area contributed by atoms with Crippen LogP contribution in [0.2, 0.25) is 0 Å². The maximum Gasteiger partial charge on any atom is 0.140 e. The largest absolute Gasteiger partial charge is 0.396 e. The number of hydrogen-bond donors (Lipinski definition) is 1. The molecule has 0 aromatic carbocycles. The van der Waals surface area contributed by atoms with Crippen molar-refractivity contribution in [3.63, 3.8) is 0 Å². The summed E-state index contributed by atoms with van der Waals surface area (Å²) in [6.45, 7) is 2.11. The number of aromatic nitrogens is 1. The van der Waals surface area contributed by atoms with E-state index in [2.05, 4.69) is 16.9 Å². The Bertz CT molecular complexity index is 373. The molecule has 0 saturated heterocycles. The molecule has 4 heteroatoms. The Labute approximate surface area is 103 Å². The van der Waals surface area contributed by atoms with E-state index in [1.165, 1.54) is 0 Å². The Hall–Kier alpha value is -1.44. The van der Waals surface area contributed by atoms with E-state index in [1.54, 1.807) is 6.20 Å². The van der Waals surface area contributed by atoms with E-state index in [0.29, 0.717) is 5.69 Å². The maximum atomic E-state index is 8.75. The average molecular weight is 233 g/mol. The second-order valence-corrected chi connectivity index (χ2v) is 4.18. The SMILES string of the molecule is CN(CCCCCO)Cc1ccnc(C#N)c1. The van der Waals surface area contributed by atoms with Crippen LogP contribution in [0.1, 0.15) is 30.5 Å². The molecular formula is C13H19N3O. The lowest BCUT2D eigenvalue weighted by molar-refractivity contribution is 0.271. The van der Waals surface area contributed by atoms with E-state index in [9.17, 15) is 0 Å². The average Bonchev–Trinajstić information content (AvgIpc) is 2.35. The fourth-order valence-electron chi connectivity index (χ4n) is 1.69. The molecule has 0 atom stereocenters. The van der Waals surface area contributed by atoms with Crippen molar-refractivity contribution in [1.29, 1.82) is 5.26 Å². The van der Waals surface area contributed by atoms with Gasteiger partial charge < -0.3 is 10.0 Å². The van der Waals surface area contributed by atoms with Gasteiger partial charge in [0.2, 0.25) is 0 Å². The maximum absolute atomic E-state index is 8.75. The predicted octanol–water partition coefficient (Wildman–Crippen LogP) is 1.55. The third-order valence-electron chi connectivity index (χ3n) is 2.59. The summed E-state index contributed by atoms with van der Waals surface area (Å²) in [6, 6.07) is 5.80. The summed E-state index contributed by atoms with van der Waals surface area (Å²) in [4.78, 5) is 6.16. The summed E-state index contributed by atoms with van der Waals surface area (Å²) >= 11 is 0. The Morgan fingerprint density at radius 3 is 2.94 bits per heavy atom. The molecule has 0 aliphatic heterocycles. The van der Waals surface area contributed by atoms with Crippen molar-refractivity contribution >= 4 is 0 Å². The number of nitriles is 1. The first kappa shape index (κ1) is 13.6. The molecule has 1 heterocycles. The van der Waals surface area contributed by atoms with Gasteiger partial charge in [0.05, 0.1) is 0 Å². The van der Waals surface area contributed by atoms with E-state index >= 15 is 0 Å². The van der Waals surface area contributed by atoms with Gasteiger partial charge in [-0.2, -0.15) is 5.26 Å². The van der Waals surface area contributed by atoms with E-state index in [4.69, 9.17) is 10.4 Å². The van der Waals surface area contributed by atoms with Crippen LogP contribution in [0.3, 0.4) is 0 Å². The summed E-state index contributed by atoms with van der Waals surface area (Å²) in [7, 11) is 2.06. The molecule has 1 aromatic heterocycles. The van der Waals surface area contributed by atoms with Crippen LogP contribution < -0.4 is 0 Å². The number of aliphatic hydroxyl groups is 1. The second-order valence-electron chi connectivity index (χ2n) is 4.18. The van der Waals surface area contributed by atoms with Gasteiger partial charge in [-0.3, -0.25) is 0 Å². The smallest absolute Gasteiger partial charge is 0.140 e. The van der Waals surface area contributed by atoms with Crippen LogP contribution in [0.5, 0.6) is 0 Å². The first-order chi connectivity index (χ1) is 8.26. The van der Waals surface area contributed by atoms with Crippen LogP contribution in [0.15, 0.2) is 18.3 Å². The summed E-state index contributed by atoms with van der Waals surface area (Å²) in [5, 5.41) is 17.4. The van der Waals surface area contributed by atoms with Crippen molar-refractivity contribution < 1.29 is 5.11 Å². The van der Waals surface area contributed by atoms with Crippen molar-refractivity contribution in [1.82, 2.24) is 9.88 Å². The molecule has 0 unspecified atom stereocenters. The Morgan fingerprint density at radius 1 is 1.41 bits per heavy atom. The molecule has 0 bridgehead atoms. The summed E-state index contributed by atoms with van der Waals surface area (Å²) in [5.74, 6) is 0. The van der Waals surface area contributed by atoms with Crippen molar-refractivity contribution in [3.05, 3.63) is 29.6 Å². The molecule has 92 valence electrons. The quantitative estimate of drug-likeness (QED) is 0.726. The van der Waals surface area contributed by atoms with Crippen LogP contribution in [0, 0.1) is 11.3 Å². The first-order valence-corrected chi connectivity index (χ1v) is 5.90. The first-order valence-electron chi connectivity index (χ1n) is 5.90. The van der Waals surface area contributed by atoms with Crippen molar-refractivity contribution in [2.75, 3.05) is 20.2 Å². The lowest BCUT2D eigenvalue weighted by Gasteiger charge is -2.16. The minimum absolute atomic E-state index is 0.277. The Balaban J connectivity index is 2.34. The summed E-state index contributed by atoms with van der Waals surface area (Å²) < 4.78 is 0. The predicted molar refractivity (Wildman–Crippen MR) is 66.2 cm³/mol. The molecule has 17 heavy (non-hydrogen) atoms. The normalized spacial score (nSPS) is 10.5. The van der Waals surface area contributed by atoms with E-state index in [-0.39, 0.29) is 6.61 Å². The molecular weight excluding hydrogens is 214 g/mol. The van der Waals surface area contributed by atoms with Crippen LogP contribution in [-0.4, -0.2) is 35.2 Å². The molecule has 0 spiro atoms. The molecule has 1 aromatic rings. The van der Waals surface area contributed by atoms with Crippen molar-refractivity contribution in [3.8, 4) is 6.07 Å². The zero-order valence-electron chi connectivity index (χ0n) is 10.3. The van der Waals surface area contributed by atoms with Gasteiger partial charge >= 0.3 is 0 Å². The summed E-state index contributed by atoms with van der Waals surface area (Å²) in [6.07, 6.45) is 4.70. The highest BCUT2D eigenvalue weighted by atomic mass is 16.2. The molecule has 1 rings (SSSR count). The second kappa shape index (κ2) is 7.77. The Morgan fingerprint density at radius 2 is 2.24 bits per heavy atom. The fourth-order valence-corrected chi connectivity index (χ4v) is 1.69. The number of hydrogen-bond acceptors (Lipinski definition) is 4. The molecule has 0 fully saturated rings. The van der Waals surface area contributed by atoms with E-state index in [0.717, 1.165) is 37.9 Å².